The normalized spacial score (nSPS) is 12.7. The number of aliphatic carboxylic acids is 1. The molecule has 0 saturated carbocycles. The summed E-state index contributed by atoms with van der Waals surface area (Å²) < 4.78 is 5.18. The average molecular weight is 434 g/mol. The van der Waals surface area contributed by atoms with Crippen LogP contribution >= 0.6 is 0 Å². The van der Waals surface area contributed by atoms with Crippen LogP contribution in [0.25, 0.3) is 0 Å². The molecule has 31 heavy (non-hydrogen) atoms. The summed E-state index contributed by atoms with van der Waals surface area (Å²) in [6, 6.07) is 8.47. The molecule has 1 amide bonds. The number of benzene rings is 1. The van der Waals surface area contributed by atoms with Crippen molar-refractivity contribution >= 4 is 17.8 Å². The molecule has 174 valence electrons. The zero-order chi connectivity index (χ0) is 23.1. The van der Waals surface area contributed by atoms with E-state index in [4.69, 9.17) is 9.84 Å². The van der Waals surface area contributed by atoms with Crippen molar-refractivity contribution in [2.45, 2.75) is 96.9 Å². The molecule has 0 saturated heterocycles. The standard InChI is InChI=1S/C25H39NO5/c1-4-5-6-7-8-9-10-22-11-13-23(14-12-22)15-17-25(26-20(2)27,18-16-24(29)30)19-31-21(3)28/h11-14H,4-10,15-19H2,1-3H3,(H,26,27)(H,29,30). The molecule has 0 aliphatic carbocycles. The van der Waals surface area contributed by atoms with Gasteiger partial charge in [0.2, 0.25) is 5.91 Å². The van der Waals surface area contributed by atoms with Gasteiger partial charge in [0.05, 0.1) is 5.54 Å². The maximum atomic E-state index is 11.8. The van der Waals surface area contributed by atoms with Gasteiger partial charge in [0.25, 0.3) is 0 Å². The minimum atomic E-state index is -0.948. The SMILES string of the molecule is CCCCCCCCc1ccc(CCC(CCC(=O)O)(COC(C)=O)NC(C)=O)cc1. The Labute approximate surface area is 186 Å². The Morgan fingerprint density at radius 2 is 1.48 bits per heavy atom. The molecule has 0 spiro atoms. The van der Waals surface area contributed by atoms with Crippen molar-refractivity contribution in [2.24, 2.45) is 0 Å². The summed E-state index contributed by atoms with van der Waals surface area (Å²) in [6.45, 7) is 4.88. The highest BCUT2D eigenvalue weighted by Crippen LogP contribution is 2.23. The molecule has 0 bridgehead atoms. The van der Waals surface area contributed by atoms with Crippen LogP contribution in [-0.4, -0.2) is 35.1 Å². The quantitative estimate of drug-likeness (QED) is 0.288. The van der Waals surface area contributed by atoms with Crippen molar-refractivity contribution < 1.29 is 24.2 Å². The molecule has 0 aliphatic heterocycles. The van der Waals surface area contributed by atoms with E-state index in [1.807, 2.05) is 0 Å². The predicted octanol–water partition coefficient (Wildman–Crippen LogP) is 4.83. The number of ether oxygens (including phenoxy) is 1. The monoisotopic (exact) mass is 433 g/mol. The average Bonchev–Trinajstić information content (AvgIpc) is 2.72. The number of carbonyl (C=O) groups excluding carboxylic acids is 2. The molecule has 1 atom stereocenters. The summed E-state index contributed by atoms with van der Waals surface area (Å²) in [7, 11) is 0. The topological polar surface area (TPSA) is 92.7 Å². The second-order valence-electron chi connectivity index (χ2n) is 8.47. The molecule has 1 unspecified atom stereocenters. The number of amides is 1. The van der Waals surface area contributed by atoms with E-state index in [2.05, 4.69) is 36.5 Å². The van der Waals surface area contributed by atoms with E-state index in [9.17, 15) is 14.4 Å². The number of hydrogen-bond donors (Lipinski definition) is 2. The number of aryl methyl sites for hydroxylation is 2. The number of carboxylic acids is 1. The van der Waals surface area contributed by atoms with Crippen LogP contribution < -0.4 is 5.32 Å². The second kappa shape index (κ2) is 14.6. The van der Waals surface area contributed by atoms with Gasteiger partial charge in [0.15, 0.2) is 0 Å². The Kier molecular flexibility index (Phi) is 12.6. The first-order valence-electron chi connectivity index (χ1n) is 11.5. The summed E-state index contributed by atoms with van der Waals surface area (Å²) in [4.78, 5) is 34.2. The van der Waals surface area contributed by atoms with Gasteiger partial charge >= 0.3 is 11.9 Å². The smallest absolute Gasteiger partial charge is 0.303 e. The van der Waals surface area contributed by atoms with Crippen LogP contribution in [0.3, 0.4) is 0 Å². The largest absolute Gasteiger partial charge is 0.481 e. The maximum Gasteiger partial charge on any atom is 0.303 e. The van der Waals surface area contributed by atoms with Gasteiger partial charge < -0.3 is 15.2 Å². The maximum absolute atomic E-state index is 11.8. The number of unbranched alkanes of at least 4 members (excludes halogenated alkanes) is 5. The number of esters is 1. The fourth-order valence-corrected chi connectivity index (χ4v) is 3.76. The Morgan fingerprint density at radius 3 is 2.03 bits per heavy atom. The van der Waals surface area contributed by atoms with Crippen LogP contribution in [0.2, 0.25) is 0 Å². The summed E-state index contributed by atoms with van der Waals surface area (Å²) in [5.41, 5.74) is 1.53. The third kappa shape index (κ3) is 12.2. The van der Waals surface area contributed by atoms with E-state index < -0.39 is 17.5 Å². The second-order valence-corrected chi connectivity index (χ2v) is 8.47. The van der Waals surface area contributed by atoms with Gasteiger partial charge in [-0.25, -0.2) is 0 Å². The third-order valence-electron chi connectivity index (χ3n) is 5.54. The van der Waals surface area contributed by atoms with Crippen molar-refractivity contribution in [3.63, 3.8) is 0 Å². The fraction of sp³-hybridized carbons (Fsp3) is 0.640. The molecular formula is C25H39NO5. The Hall–Kier alpha value is -2.37. The number of hydrogen-bond acceptors (Lipinski definition) is 4. The lowest BCUT2D eigenvalue weighted by Crippen LogP contribution is -2.52. The minimum Gasteiger partial charge on any atom is -0.481 e. The highest BCUT2D eigenvalue weighted by Gasteiger charge is 2.33. The lowest BCUT2D eigenvalue weighted by Gasteiger charge is -2.34. The van der Waals surface area contributed by atoms with Crippen LogP contribution in [-0.2, 0) is 32.0 Å². The number of carbonyl (C=O) groups is 3. The van der Waals surface area contributed by atoms with E-state index in [0.29, 0.717) is 12.8 Å². The molecule has 0 fully saturated rings. The summed E-state index contributed by atoms with van der Waals surface area (Å²) in [5, 5.41) is 12.0. The van der Waals surface area contributed by atoms with Crippen molar-refractivity contribution in [1.29, 1.82) is 0 Å². The van der Waals surface area contributed by atoms with Gasteiger partial charge in [-0.05, 0) is 43.2 Å². The third-order valence-corrected chi connectivity index (χ3v) is 5.54. The summed E-state index contributed by atoms with van der Waals surface area (Å²) >= 11 is 0. The summed E-state index contributed by atoms with van der Waals surface area (Å²) in [6.07, 6.45) is 9.98. The van der Waals surface area contributed by atoms with E-state index in [1.54, 1.807) is 0 Å². The van der Waals surface area contributed by atoms with Crippen LogP contribution in [0.4, 0.5) is 0 Å². The Balaban J connectivity index is 2.69. The molecule has 0 heterocycles. The lowest BCUT2D eigenvalue weighted by molar-refractivity contribution is -0.145. The minimum absolute atomic E-state index is 0.0364. The van der Waals surface area contributed by atoms with Crippen LogP contribution in [0.5, 0.6) is 0 Å². The van der Waals surface area contributed by atoms with E-state index in [-0.39, 0.29) is 25.4 Å². The number of rotatable bonds is 16. The molecular weight excluding hydrogens is 394 g/mol. The molecule has 6 nitrogen and oxygen atoms in total. The predicted molar refractivity (Wildman–Crippen MR) is 122 cm³/mol. The van der Waals surface area contributed by atoms with Crippen molar-refractivity contribution in [1.82, 2.24) is 5.32 Å². The Morgan fingerprint density at radius 1 is 0.903 bits per heavy atom. The van der Waals surface area contributed by atoms with Gasteiger partial charge in [-0.3, -0.25) is 14.4 Å². The molecule has 1 aromatic rings. The molecule has 1 rings (SSSR count). The highest BCUT2D eigenvalue weighted by molar-refractivity contribution is 5.74. The molecule has 0 aliphatic rings. The molecule has 0 radical (unpaired) electrons. The first-order valence-corrected chi connectivity index (χ1v) is 11.5. The number of carboxylic acid groups (broad SMARTS) is 1. The zero-order valence-electron chi connectivity index (χ0n) is 19.4. The number of nitrogens with one attached hydrogen (secondary N) is 1. The van der Waals surface area contributed by atoms with Crippen molar-refractivity contribution in [3.05, 3.63) is 35.4 Å². The van der Waals surface area contributed by atoms with Gasteiger partial charge in [0.1, 0.15) is 6.61 Å². The molecule has 1 aromatic carbocycles. The van der Waals surface area contributed by atoms with Gasteiger partial charge in [-0.1, -0.05) is 63.3 Å². The zero-order valence-corrected chi connectivity index (χ0v) is 19.4. The van der Waals surface area contributed by atoms with Crippen molar-refractivity contribution in [2.75, 3.05) is 6.61 Å². The van der Waals surface area contributed by atoms with Crippen molar-refractivity contribution in [3.8, 4) is 0 Å². The van der Waals surface area contributed by atoms with Gasteiger partial charge in [0, 0.05) is 20.3 Å². The van der Waals surface area contributed by atoms with E-state index >= 15 is 0 Å². The highest BCUT2D eigenvalue weighted by atomic mass is 16.5. The van der Waals surface area contributed by atoms with E-state index in [1.165, 1.54) is 57.9 Å². The first-order chi connectivity index (χ1) is 14.8. The first kappa shape index (κ1) is 26.7. The fourth-order valence-electron chi connectivity index (χ4n) is 3.76. The van der Waals surface area contributed by atoms with Gasteiger partial charge in [-0.15, -0.1) is 0 Å². The van der Waals surface area contributed by atoms with Crippen LogP contribution in [0.15, 0.2) is 24.3 Å². The lowest BCUT2D eigenvalue weighted by atomic mass is 9.87. The van der Waals surface area contributed by atoms with Crippen LogP contribution in [0.1, 0.15) is 89.7 Å². The summed E-state index contributed by atoms with van der Waals surface area (Å²) in [5.74, 6) is -1.67. The van der Waals surface area contributed by atoms with Gasteiger partial charge in [-0.2, -0.15) is 0 Å². The molecule has 2 N–H and O–H groups in total. The van der Waals surface area contributed by atoms with Crippen LogP contribution in [0, 0.1) is 0 Å². The molecule has 0 aromatic heterocycles. The van der Waals surface area contributed by atoms with E-state index in [0.717, 1.165) is 12.0 Å². The Bertz CT molecular complexity index is 666. The molecule has 6 heteroatoms.